The average molecular weight is 807 g/mol. The number of piperazine rings is 1. The van der Waals surface area contributed by atoms with Gasteiger partial charge >= 0.3 is 0 Å². The molecule has 4 aromatic rings. The molecule has 0 bridgehead atoms. The first kappa shape index (κ1) is 40.8. The van der Waals surface area contributed by atoms with E-state index in [4.69, 9.17) is 4.74 Å². The lowest BCUT2D eigenvalue weighted by atomic mass is 9.81. The predicted octanol–water partition coefficient (Wildman–Crippen LogP) is 6.41. The number of amides is 3. The number of ether oxygens (including phenoxy) is 1. The van der Waals surface area contributed by atoms with Gasteiger partial charge < -0.3 is 29.7 Å². The highest BCUT2D eigenvalue weighted by atomic mass is 32.2. The molecule has 3 N–H and O–H groups in total. The van der Waals surface area contributed by atoms with Crippen molar-refractivity contribution in [3.05, 3.63) is 103 Å². The summed E-state index contributed by atoms with van der Waals surface area (Å²) in [5.74, 6) is -0.253. The Bertz CT molecular complexity index is 2270. The highest BCUT2D eigenvalue weighted by molar-refractivity contribution is 7.90. The second kappa shape index (κ2) is 18.5. The highest BCUT2D eigenvalue weighted by Gasteiger charge is 2.29. The molecule has 3 aromatic carbocycles. The minimum atomic E-state index is -3.91. The molecule has 3 aliphatic rings. The van der Waals surface area contributed by atoms with Gasteiger partial charge in [-0.1, -0.05) is 37.5 Å². The summed E-state index contributed by atoms with van der Waals surface area (Å²) in [6.45, 7) is 12.3. The molecule has 0 spiro atoms. The van der Waals surface area contributed by atoms with E-state index in [1.54, 1.807) is 18.2 Å². The van der Waals surface area contributed by atoms with Crippen molar-refractivity contribution in [3.63, 3.8) is 0 Å². The third-order valence-corrected chi connectivity index (χ3v) is 12.5. The second-order valence-electron chi connectivity index (χ2n) is 15.4. The molecule has 7 rings (SSSR count). The molecule has 0 radical (unpaired) electrons. The van der Waals surface area contributed by atoms with Crippen molar-refractivity contribution in [2.45, 2.75) is 70.4 Å². The van der Waals surface area contributed by atoms with Gasteiger partial charge in [-0.3, -0.25) is 14.4 Å². The zero-order chi connectivity index (χ0) is 40.6. The summed E-state index contributed by atoms with van der Waals surface area (Å²) in [5, 5.41) is 7.35. The maximum Gasteiger partial charge on any atom is 0.264 e. The van der Waals surface area contributed by atoms with Crippen LogP contribution >= 0.6 is 0 Å². The molecule has 3 amide bonds. The fourth-order valence-electron chi connectivity index (χ4n) is 8.57. The minimum absolute atomic E-state index is 0.00155. The van der Waals surface area contributed by atoms with Crippen LogP contribution in [0.4, 0.5) is 11.4 Å². The van der Waals surface area contributed by atoms with Gasteiger partial charge in [-0.15, -0.1) is 13.2 Å². The SMILES string of the molecule is C=CCCNC(=O)Cn1c(-c2ccc(OCc3cc(N4CCCC4=O)ccc3N3CCNCC3)cc2)c(C2CCCCC2)c2ccc(C(=O)NS(=O)(=O)CC=C)cc21. The van der Waals surface area contributed by atoms with Crippen LogP contribution in [-0.4, -0.2) is 75.7 Å². The van der Waals surface area contributed by atoms with Crippen molar-refractivity contribution in [2.24, 2.45) is 0 Å². The number of nitrogens with zero attached hydrogens (tertiary/aromatic N) is 3. The number of benzene rings is 3. The van der Waals surface area contributed by atoms with Gasteiger partial charge in [0.2, 0.25) is 21.8 Å². The molecule has 13 heteroatoms. The van der Waals surface area contributed by atoms with Crippen LogP contribution in [0.15, 0.2) is 86.0 Å². The van der Waals surface area contributed by atoms with Gasteiger partial charge in [-0.25, -0.2) is 13.1 Å². The molecule has 1 aromatic heterocycles. The number of fused-ring (bicyclic) bond motifs is 1. The van der Waals surface area contributed by atoms with Gasteiger partial charge in [0.05, 0.1) is 17.0 Å². The molecule has 306 valence electrons. The first-order valence-electron chi connectivity index (χ1n) is 20.5. The molecule has 12 nitrogen and oxygen atoms in total. The maximum atomic E-state index is 13.5. The van der Waals surface area contributed by atoms with E-state index >= 15 is 0 Å². The molecule has 2 aliphatic heterocycles. The van der Waals surface area contributed by atoms with Crippen LogP contribution in [0.3, 0.4) is 0 Å². The van der Waals surface area contributed by atoms with E-state index in [1.165, 1.54) is 12.5 Å². The van der Waals surface area contributed by atoms with Gasteiger partial charge in [0.1, 0.15) is 18.9 Å². The molecule has 58 heavy (non-hydrogen) atoms. The summed E-state index contributed by atoms with van der Waals surface area (Å²) in [6, 6.07) is 19.4. The molecular formula is C45H54N6O6S. The molecule has 3 heterocycles. The number of anilines is 2. The lowest BCUT2D eigenvalue weighted by Crippen LogP contribution is -2.44. The van der Waals surface area contributed by atoms with Crippen LogP contribution in [0.5, 0.6) is 5.75 Å². The molecular weight excluding hydrogens is 753 g/mol. The minimum Gasteiger partial charge on any atom is -0.489 e. The zero-order valence-electron chi connectivity index (χ0n) is 33.1. The van der Waals surface area contributed by atoms with E-state index in [2.05, 4.69) is 45.5 Å². The Morgan fingerprint density at radius 1 is 0.914 bits per heavy atom. The largest absolute Gasteiger partial charge is 0.489 e. The molecule has 2 saturated heterocycles. The highest BCUT2D eigenvalue weighted by Crippen LogP contribution is 2.45. The predicted molar refractivity (Wildman–Crippen MR) is 230 cm³/mol. The Balaban J connectivity index is 1.25. The summed E-state index contributed by atoms with van der Waals surface area (Å²) >= 11 is 0. The van der Waals surface area contributed by atoms with Crippen LogP contribution in [0, 0.1) is 0 Å². The Kier molecular flexibility index (Phi) is 13.0. The fraction of sp³-hybridized carbons (Fsp3) is 0.400. The van der Waals surface area contributed by atoms with Crippen LogP contribution in [0.25, 0.3) is 22.2 Å². The normalized spacial score (nSPS) is 16.4. The van der Waals surface area contributed by atoms with E-state index < -0.39 is 15.9 Å². The second-order valence-corrected chi connectivity index (χ2v) is 17.1. The number of sulfonamides is 1. The maximum absolute atomic E-state index is 13.5. The van der Waals surface area contributed by atoms with Gasteiger partial charge in [-0.2, -0.15) is 0 Å². The van der Waals surface area contributed by atoms with Gasteiger partial charge in [0, 0.05) is 73.6 Å². The van der Waals surface area contributed by atoms with Crippen molar-refractivity contribution in [3.8, 4) is 17.0 Å². The van der Waals surface area contributed by atoms with Crippen molar-refractivity contribution in [2.75, 3.05) is 54.8 Å². The molecule has 3 fully saturated rings. The lowest BCUT2D eigenvalue weighted by Gasteiger charge is -2.32. The van der Waals surface area contributed by atoms with Crippen molar-refractivity contribution in [1.29, 1.82) is 0 Å². The Morgan fingerprint density at radius 3 is 2.40 bits per heavy atom. The van der Waals surface area contributed by atoms with Gasteiger partial charge in [-0.05, 0) is 97.3 Å². The molecule has 1 saturated carbocycles. The molecule has 1 aliphatic carbocycles. The summed E-state index contributed by atoms with van der Waals surface area (Å²) in [6.07, 6.45) is 10.4. The average Bonchev–Trinajstić information content (AvgIpc) is 3.81. The van der Waals surface area contributed by atoms with E-state index in [9.17, 15) is 22.8 Å². The third-order valence-electron chi connectivity index (χ3n) is 11.4. The van der Waals surface area contributed by atoms with Crippen LogP contribution < -0.4 is 29.9 Å². The molecule has 0 unspecified atom stereocenters. The number of aromatic nitrogens is 1. The fourth-order valence-corrected chi connectivity index (χ4v) is 9.36. The molecule has 0 atom stereocenters. The van der Waals surface area contributed by atoms with Crippen molar-refractivity contribution in [1.82, 2.24) is 19.9 Å². The standard InChI is InChI=1S/C45H54N6O6S/c1-3-5-21-47-41(52)30-51-40-29-34(45(54)48-58(55,56)27-4-2)15-19-38(40)43(32-10-7-6-8-11-32)44(51)33-13-17-37(18-14-33)57-31-35-28-36(50-24-9-12-42(50)53)16-20-39(35)49-25-22-46-23-26-49/h3-4,13-20,28-29,32,46H,1-2,5-12,21-27,30-31H2,(H,47,52)(H,48,54). The first-order chi connectivity index (χ1) is 28.2. The topological polar surface area (TPSA) is 142 Å². The van der Waals surface area contributed by atoms with Crippen molar-refractivity contribution >= 4 is 50.0 Å². The first-order valence-corrected chi connectivity index (χ1v) is 22.1. The van der Waals surface area contributed by atoms with Gasteiger partial charge in [0.25, 0.3) is 5.91 Å². The Labute approximate surface area is 341 Å². The Hall–Kier alpha value is -5.40. The monoisotopic (exact) mass is 806 g/mol. The van der Waals surface area contributed by atoms with Crippen molar-refractivity contribution < 1.29 is 27.5 Å². The zero-order valence-corrected chi connectivity index (χ0v) is 34.0. The van der Waals surface area contributed by atoms with Crippen LogP contribution in [0.2, 0.25) is 0 Å². The number of carbonyl (C=O) groups excluding carboxylic acids is 3. The van der Waals surface area contributed by atoms with E-state index in [1.807, 2.05) is 45.9 Å². The van der Waals surface area contributed by atoms with E-state index in [-0.39, 0.29) is 35.6 Å². The summed E-state index contributed by atoms with van der Waals surface area (Å²) in [4.78, 5) is 43.7. The van der Waals surface area contributed by atoms with E-state index in [0.29, 0.717) is 37.3 Å². The third kappa shape index (κ3) is 9.32. The summed E-state index contributed by atoms with van der Waals surface area (Å²) < 4.78 is 35.6. The Morgan fingerprint density at radius 2 is 1.69 bits per heavy atom. The number of carbonyl (C=O) groups is 3. The smallest absolute Gasteiger partial charge is 0.264 e. The number of hydrogen-bond acceptors (Lipinski definition) is 8. The summed E-state index contributed by atoms with van der Waals surface area (Å²) in [5.41, 5.74) is 6.80. The van der Waals surface area contributed by atoms with E-state index in [0.717, 1.165) is 104 Å². The van der Waals surface area contributed by atoms with Crippen LogP contribution in [0.1, 0.15) is 78.8 Å². The quantitative estimate of drug-likeness (QED) is 0.0872. The van der Waals surface area contributed by atoms with Gasteiger partial charge in [0.15, 0.2) is 0 Å². The number of hydrogen-bond donors (Lipinski definition) is 3. The van der Waals surface area contributed by atoms with Crippen LogP contribution in [-0.2, 0) is 32.8 Å². The summed E-state index contributed by atoms with van der Waals surface area (Å²) in [7, 11) is -3.91. The number of rotatable bonds is 16. The number of nitrogens with one attached hydrogen (secondary N) is 3. The lowest BCUT2D eigenvalue weighted by molar-refractivity contribution is -0.121.